The molecule has 118 valence electrons. The summed E-state index contributed by atoms with van der Waals surface area (Å²) in [5.41, 5.74) is 0. The van der Waals surface area contributed by atoms with Crippen LogP contribution in [0.5, 0.6) is 0 Å². The molecule has 21 heavy (non-hydrogen) atoms. The first kappa shape index (κ1) is 14.9. The summed E-state index contributed by atoms with van der Waals surface area (Å²) >= 11 is 0. The van der Waals surface area contributed by atoms with E-state index >= 15 is 0 Å². The van der Waals surface area contributed by atoms with E-state index in [0.717, 1.165) is 31.4 Å². The summed E-state index contributed by atoms with van der Waals surface area (Å²) in [6.07, 6.45) is 8.02. The van der Waals surface area contributed by atoms with Crippen LogP contribution in [-0.4, -0.2) is 50.4 Å². The van der Waals surface area contributed by atoms with Gasteiger partial charge in [-0.1, -0.05) is 6.92 Å². The van der Waals surface area contributed by atoms with E-state index in [-0.39, 0.29) is 0 Å². The molecule has 3 rings (SSSR count). The SMILES string of the molecule is CC1CCC(N(Cc2nnn(C)n2)CC2CCCO2)CC1. The second-order valence-electron chi connectivity index (χ2n) is 6.67. The minimum Gasteiger partial charge on any atom is -0.377 e. The van der Waals surface area contributed by atoms with E-state index in [1.165, 1.54) is 38.5 Å². The predicted octanol–water partition coefficient (Wildman–Crippen LogP) is 1.77. The molecule has 2 aliphatic rings. The zero-order valence-corrected chi connectivity index (χ0v) is 13.2. The molecule has 0 N–H and O–H groups in total. The molecule has 0 bridgehead atoms. The number of tetrazole rings is 1. The number of hydrogen-bond acceptors (Lipinski definition) is 5. The van der Waals surface area contributed by atoms with Crippen LogP contribution in [0.2, 0.25) is 0 Å². The molecular formula is C15H27N5O. The Morgan fingerprint density at radius 2 is 2.05 bits per heavy atom. The van der Waals surface area contributed by atoms with Crippen molar-refractivity contribution >= 4 is 0 Å². The fraction of sp³-hybridized carbons (Fsp3) is 0.933. The van der Waals surface area contributed by atoms with Gasteiger partial charge in [-0.15, -0.1) is 10.2 Å². The zero-order valence-electron chi connectivity index (χ0n) is 13.2. The molecule has 6 nitrogen and oxygen atoms in total. The fourth-order valence-corrected chi connectivity index (χ4v) is 3.57. The van der Waals surface area contributed by atoms with E-state index in [2.05, 4.69) is 27.2 Å². The highest BCUT2D eigenvalue weighted by atomic mass is 16.5. The van der Waals surface area contributed by atoms with Crippen molar-refractivity contribution in [2.24, 2.45) is 13.0 Å². The third kappa shape index (κ3) is 4.01. The Morgan fingerprint density at radius 3 is 2.67 bits per heavy atom. The quantitative estimate of drug-likeness (QED) is 0.828. The molecule has 2 heterocycles. The summed E-state index contributed by atoms with van der Waals surface area (Å²) in [4.78, 5) is 4.08. The van der Waals surface area contributed by atoms with Crippen LogP contribution in [0.4, 0.5) is 0 Å². The molecule has 1 aliphatic heterocycles. The molecular weight excluding hydrogens is 266 g/mol. The molecule has 1 saturated carbocycles. The maximum Gasteiger partial charge on any atom is 0.188 e. The van der Waals surface area contributed by atoms with Gasteiger partial charge in [0.25, 0.3) is 0 Å². The maximum absolute atomic E-state index is 5.83. The van der Waals surface area contributed by atoms with Crippen LogP contribution in [-0.2, 0) is 18.3 Å². The summed E-state index contributed by atoms with van der Waals surface area (Å²) in [5, 5.41) is 12.5. The average Bonchev–Trinajstić information content (AvgIpc) is 3.11. The van der Waals surface area contributed by atoms with Gasteiger partial charge in [-0.25, -0.2) is 0 Å². The summed E-state index contributed by atoms with van der Waals surface area (Å²) in [5.74, 6) is 1.70. The Kier molecular flexibility index (Phi) is 4.85. The van der Waals surface area contributed by atoms with Gasteiger partial charge in [0.2, 0.25) is 0 Å². The second kappa shape index (κ2) is 6.83. The summed E-state index contributed by atoms with van der Waals surface area (Å²) in [6, 6.07) is 0.647. The lowest BCUT2D eigenvalue weighted by Gasteiger charge is -2.36. The minimum atomic E-state index is 0.390. The number of aromatic nitrogens is 4. The first-order valence-electron chi connectivity index (χ1n) is 8.29. The molecule has 0 aromatic carbocycles. The van der Waals surface area contributed by atoms with Gasteiger partial charge in [-0.05, 0) is 49.7 Å². The Hall–Kier alpha value is -1.01. The van der Waals surface area contributed by atoms with Gasteiger partial charge in [0.05, 0.1) is 19.7 Å². The lowest BCUT2D eigenvalue weighted by atomic mass is 9.86. The first-order chi connectivity index (χ1) is 10.2. The van der Waals surface area contributed by atoms with E-state index in [4.69, 9.17) is 4.74 Å². The monoisotopic (exact) mass is 293 g/mol. The van der Waals surface area contributed by atoms with Crippen molar-refractivity contribution in [3.05, 3.63) is 5.82 Å². The highest BCUT2D eigenvalue weighted by molar-refractivity contribution is 4.86. The third-order valence-corrected chi connectivity index (χ3v) is 4.86. The third-order valence-electron chi connectivity index (χ3n) is 4.86. The van der Waals surface area contributed by atoms with Crippen LogP contribution in [0.25, 0.3) is 0 Å². The van der Waals surface area contributed by atoms with Crippen molar-refractivity contribution in [3.8, 4) is 0 Å². The Morgan fingerprint density at radius 1 is 1.24 bits per heavy atom. The summed E-state index contributed by atoms with van der Waals surface area (Å²) in [7, 11) is 1.82. The van der Waals surface area contributed by atoms with Crippen molar-refractivity contribution in [1.29, 1.82) is 0 Å². The van der Waals surface area contributed by atoms with Gasteiger partial charge in [0, 0.05) is 19.2 Å². The lowest BCUT2D eigenvalue weighted by molar-refractivity contribution is 0.0397. The van der Waals surface area contributed by atoms with Crippen LogP contribution in [0, 0.1) is 5.92 Å². The lowest BCUT2D eigenvalue weighted by Crippen LogP contribution is -2.42. The Labute approximate surface area is 126 Å². The molecule has 0 spiro atoms. The molecule has 1 atom stereocenters. The molecule has 1 aliphatic carbocycles. The minimum absolute atomic E-state index is 0.390. The Balaban J connectivity index is 1.64. The fourth-order valence-electron chi connectivity index (χ4n) is 3.57. The number of hydrogen-bond donors (Lipinski definition) is 0. The van der Waals surface area contributed by atoms with Gasteiger partial charge >= 0.3 is 0 Å². The van der Waals surface area contributed by atoms with Gasteiger partial charge in [-0.2, -0.15) is 4.80 Å². The zero-order chi connectivity index (χ0) is 14.7. The number of ether oxygens (including phenoxy) is 1. The van der Waals surface area contributed by atoms with E-state index in [9.17, 15) is 0 Å². The van der Waals surface area contributed by atoms with Crippen molar-refractivity contribution < 1.29 is 4.74 Å². The normalized spacial score (nSPS) is 30.1. The number of nitrogens with zero attached hydrogens (tertiary/aromatic N) is 5. The van der Waals surface area contributed by atoms with E-state index in [1.807, 2.05) is 7.05 Å². The smallest absolute Gasteiger partial charge is 0.188 e. The topological polar surface area (TPSA) is 56.1 Å². The standard InChI is InChI=1S/C15H27N5O/c1-12-5-7-13(8-6-12)20(10-14-4-3-9-21-14)11-15-16-18-19(2)17-15/h12-14H,3-11H2,1-2H3. The predicted molar refractivity (Wildman–Crippen MR) is 79.6 cm³/mol. The molecule has 1 saturated heterocycles. The molecule has 1 unspecified atom stereocenters. The first-order valence-corrected chi connectivity index (χ1v) is 8.29. The van der Waals surface area contributed by atoms with Crippen LogP contribution in [0.3, 0.4) is 0 Å². The molecule has 1 aromatic rings. The largest absolute Gasteiger partial charge is 0.377 e. The average molecular weight is 293 g/mol. The van der Waals surface area contributed by atoms with E-state index in [0.29, 0.717) is 12.1 Å². The molecule has 6 heteroatoms. The summed E-state index contributed by atoms with van der Waals surface area (Å²) < 4.78 is 5.83. The second-order valence-corrected chi connectivity index (χ2v) is 6.67. The van der Waals surface area contributed by atoms with Crippen LogP contribution < -0.4 is 0 Å². The van der Waals surface area contributed by atoms with Gasteiger partial charge in [-0.3, -0.25) is 4.90 Å². The van der Waals surface area contributed by atoms with E-state index < -0.39 is 0 Å². The molecule has 0 radical (unpaired) electrons. The highest BCUT2D eigenvalue weighted by Crippen LogP contribution is 2.28. The van der Waals surface area contributed by atoms with E-state index in [1.54, 1.807) is 4.80 Å². The van der Waals surface area contributed by atoms with Crippen molar-refractivity contribution in [1.82, 2.24) is 25.1 Å². The van der Waals surface area contributed by atoms with Gasteiger partial charge in [0.15, 0.2) is 5.82 Å². The van der Waals surface area contributed by atoms with Gasteiger partial charge in [0.1, 0.15) is 0 Å². The molecule has 1 aromatic heterocycles. The molecule has 2 fully saturated rings. The van der Waals surface area contributed by atoms with Crippen LogP contribution >= 0.6 is 0 Å². The number of rotatable bonds is 5. The highest BCUT2D eigenvalue weighted by Gasteiger charge is 2.28. The number of aryl methyl sites for hydroxylation is 1. The summed E-state index contributed by atoms with van der Waals surface area (Å²) in [6.45, 7) is 5.10. The van der Waals surface area contributed by atoms with Crippen LogP contribution in [0.1, 0.15) is 51.3 Å². The Bertz CT molecular complexity index is 435. The van der Waals surface area contributed by atoms with Crippen molar-refractivity contribution in [2.75, 3.05) is 13.2 Å². The van der Waals surface area contributed by atoms with Crippen molar-refractivity contribution in [3.63, 3.8) is 0 Å². The van der Waals surface area contributed by atoms with Crippen molar-refractivity contribution in [2.45, 2.75) is 64.1 Å². The van der Waals surface area contributed by atoms with Crippen LogP contribution in [0.15, 0.2) is 0 Å². The van der Waals surface area contributed by atoms with Gasteiger partial charge < -0.3 is 4.74 Å². The molecule has 0 amide bonds. The maximum atomic E-state index is 5.83.